The minimum Gasteiger partial charge on any atom is -0.488 e. The maximum atomic E-state index is 12.0. The number of aliphatic hydroxyl groups excluding tert-OH is 2. The van der Waals surface area contributed by atoms with Gasteiger partial charge in [-0.2, -0.15) is 0 Å². The van der Waals surface area contributed by atoms with E-state index in [4.69, 9.17) is 9.47 Å². The van der Waals surface area contributed by atoms with E-state index in [1.54, 1.807) is 12.4 Å². The molecule has 3 N–H and O–H groups in total. The van der Waals surface area contributed by atoms with Crippen LogP contribution in [0.2, 0.25) is 0 Å². The number of esters is 1. The number of rotatable bonds is 7. The van der Waals surface area contributed by atoms with Crippen molar-refractivity contribution in [2.45, 2.75) is 44.9 Å². The molecule has 158 valence electrons. The van der Waals surface area contributed by atoms with E-state index in [2.05, 4.69) is 14.9 Å². The van der Waals surface area contributed by atoms with Gasteiger partial charge < -0.3 is 24.7 Å². The number of aryl methyl sites for hydroxylation is 1. The Balaban J connectivity index is 1.66. The zero-order valence-electron chi connectivity index (χ0n) is 17.1. The summed E-state index contributed by atoms with van der Waals surface area (Å²) < 4.78 is 10.6. The number of piperidine rings is 1. The summed E-state index contributed by atoms with van der Waals surface area (Å²) in [6.45, 7) is 4.83. The summed E-state index contributed by atoms with van der Waals surface area (Å²) in [4.78, 5) is 21.2. The molecule has 0 bridgehead atoms. The van der Waals surface area contributed by atoms with E-state index >= 15 is 0 Å². The van der Waals surface area contributed by atoms with Gasteiger partial charge in [0, 0.05) is 42.8 Å². The van der Waals surface area contributed by atoms with E-state index in [0.29, 0.717) is 31.7 Å². The highest BCUT2D eigenvalue weighted by Gasteiger charge is 2.30. The van der Waals surface area contributed by atoms with Crippen LogP contribution in [0.5, 0.6) is 5.75 Å². The van der Waals surface area contributed by atoms with E-state index < -0.39 is 12.1 Å². The second-order valence-corrected chi connectivity index (χ2v) is 7.51. The molecule has 2 aromatic heterocycles. The fourth-order valence-electron chi connectivity index (χ4n) is 3.77. The Morgan fingerprint density at radius 1 is 1.38 bits per heavy atom. The van der Waals surface area contributed by atoms with Gasteiger partial charge in [0.05, 0.1) is 13.2 Å². The van der Waals surface area contributed by atoms with Crippen LogP contribution in [0.3, 0.4) is 0 Å². The largest absolute Gasteiger partial charge is 0.488 e. The molecular weight excluding hydrogens is 374 g/mol. The van der Waals surface area contributed by atoms with Crippen LogP contribution in [0.1, 0.15) is 46.2 Å². The molecule has 3 atom stereocenters. The minimum absolute atomic E-state index is 0.0123. The molecule has 0 radical (unpaired) electrons. The Morgan fingerprint density at radius 2 is 2.10 bits per heavy atom. The molecule has 0 saturated carbocycles. The van der Waals surface area contributed by atoms with Crippen molar-refractivity contribution in [1.29, 1.82) is 0 Å². The number of nitrogens with zero attached hydrogens (tertiary/aromatic N) is 2. The molecule has 3 heterocycles. The quantitative estimate of drug-likeness (QED) is 0.605. The molecule has 1 saturated heterocycles. The first kappa shape index (κ1) is 21.3. The van der Waals surface area contributed by atoms with Crippen LogP contribution in [0.15, 0.2) is 24.5 Å². The number of methoxy groups -OCH3 is 1. The van der Waals surface area contributed by atoms with Crippen LogP contribution in [-0.2, 0) is 4.74 Å². The predicted molar refractivity (Wildman–Crippen MR) is 107 cm³/mol. The fraction of sp³-hybridized carbons (Fsp3) is 0.524. The van der Waals surface area contributed by atoms with Crippen LogP contribution < -0.4 is 4.74 Å². The summed E-state index contributed by atoms with van der Waals surface area (Å²) in [6.07, 6.45) is 3.64. The molecular formula is C21H29N3O5. The molecule has 3 rings (SSSR count). The van der Waals surface area contributed by atoms with E-state index in [0.717, 1.165) is 16.8 Å². The number of hydrogen-bond acceptors (Lipinski definition) is 7. The first-order chi connectivity index (χ1) is 13.9. The molecule has 1 fully saturated rings. The second-order valence-electron chi connectivity index (χ2n) is 7.51. The molecule has 2 aromatic rings. The topological polar surface area (TPSA) is 108 Å². The van der Waals surface area contributed by atoms with E-state index in [1.807, 2.05) is 26.0 Å². The van der Waals surface area contributed by atoms with Crippen LogP contribution in [0.4, 0.5) is 0 Å². The summed E-state index contributed by atoms with van der Waals surface area (Å²) in [6, 6.07) is 3.89. The number of carbonyl (C=O) groups excluding carboxylic acids is 1. The minimum atomic E-state index is -0.755. The molecule has 8 heteroatoms. The highest BCUT2D eigenvalue weighted by Crippen LogP contribution is 2.31. The SMILES string of the molecule is COC(=O)c1[nH]c(C)c(C)c1OCC(O)CN1CCC(O)CC1c1ccncc1. The van der Waals surface area contributed by atoms with Crippen molar-refractivity contribution in [2.75, 3.05) is 26.8 Å². The lowest BCUT2D eigenvalue weighted by molar-refractivity contribution is 0.00190. The predicted octanol–water partition coefficient (Wildman–Crippen LogP) is 1.75. The normalized spacial score (nSPS) is 21.0. The van der Waals surface area contributed by atoms with Crippen molar-refractivity contribution in [1.82, 2.24) is 14.9 Å². The summed E-state index contributed by atoms with van der Waals surface area (Å²) in [7, 11) is 1.32. The molecule has 29 heavy (non-hydrogen) atoms. The average molecular weight is 403 g/mol. The number of aromatic amines is 1. The smallest absolute Gasteiger partial charge is 0.358 e. The third kappa shape index (κ3) is 4.95. The molecule has 0 spiro atoms. The standard InChI is InChI=1S/C21H29N3O5/c1-13-14(2)23-19(21(27)28-3)20(13)29-12-17(26)11-24-9-6-16(25)10-18(24)15-4-7-22-8-5-15/h4-5,7-8,16-18,23,25-26H,6,9-12H2,1-3H3. The highest BCUT2D eigenvalue weighted by atomic mass is 16.5. The number of ether oxygens (including phenoxy) is 2. The molecule has 1 aliphatic rings. The van der Waals surface area contributed by atoms with Crippen LogP contribution in [0, 0.1) is 13.8 Å². The Morgan fingerprint density at radius 3 is 2.79 bits per heavy atom. The second kappa shape index (κ2) is 9.39. The van der Waals surface area contributed by atoms with Gasteiger partial charge in [0.15, 0.2) is 11.4 Å². The number of aromatic nitrogens is 2. The van der Waals surface area contributed by atoms with Crippen LogP contribution in [0.25, 0.3) is 0 Å². The molecule has 8 nitrogen and oxygen atoms in total. The number of aliphatic hydroxyl groups is 2. The van der Waals surface area contributed by atoms with E-state index in [9.17, 15) is 15.0 Å². The van der Waals surface area contributed by atoms with Gasteiger partial charge in [-0.05, 0) is 44.4 Å². The van der Waals surface area contributed by atoms with Crippen molar-refractivity contribution in [3.8, 4) is 5.75 Å². The molecule has 1 aliphatic heterocycles. The maximum Gasteiger partial charge on any atom is 0.358 e. The van der Waals surface area contributed by atoms with Crippen molar-refractivity contribution in [3.63, 3.8) is 0 Å². The summed E-state index contributed by atoms with van der Waals surface area (Å²) >= 11 is 0. The van der Waals surface area contributed by atoms with Crippen LogP contribution in [-0.4, -0.2) is 70.1 Å². The van der Waals surface area contributed by atoms with Gasteiger partial charge in [-0.3, -0.25) is 9.88 Å². The summed E-state index contributed by atoms with van der Waals surface area (Å²) in [5.74, 6) is -0.0957. The summed E-state index contributed by atoms with van der Waals surface area (Å²) in [5, 5.41) is 20.7. The van der Waals surface area contributed by atoms with Crippen molar-refractivity contribution < 1.29 is 24.5 Å². The lowest BCUT2D eigenvalue weighted by Gasteiger charge is -2.39. The van der Waals surface area contributed by atoms with Gasteiger partial charge in [-0.25, -0.2) is 4.79 Å². The van der Waals surface area contributed by atoms with Crippen LogP contribution >= 0.6 is 0 Å². The zero-order chi connectivity index (χ0) is 21.0. The van der Waals surface area contributed by atoms with Crippen molar-refractivity contribution in [2.24, 2.45) is 0 Å². The maximum absolute atomic E-state index is 12.0. The van der Waals surface area contributed by atoms with E-state index in [1.165, 1.54) is 7.11 Å². The molecule has 0 amide bonds. The van der Waals surface area contributed by atoms with Gasteiger partial charge in [0.25, 0.3) is 0 Å². The number of β-amino-alcohol motifs (C(OH)–C–C–N with tert-alkyl or cyclic N) is 1. The Labute approximate surface area is 170 Å². The average Bonchev–Trinajstić information content (AvgIpc) is 3.01. The van der Waals surface area contributed by atoms with E-state index in [-0.39, 0.29) is 24.4 Å². The number of carbonyl (C=O) groups is 1. The molecule has 0 aliphatic carbocycles. The first-order valence-electron chi connectivity index (χ1n) is 9.81. The highest BCUT2D eigenvalue weighted by molar-refractivity contribution is 5.91. The number of pyridine rings is 1. The Kier molecular flexibility index (Phi) is 6.89. The number of hydrogen-bond donors (Lipinski definition) is 3. The van der Waals surface area contributed by atoms with Gasteiger partial charge >= 0.3 is 5.97 Å². The lowest BCUT2D eigenvalue weighted by Crippen LogP contribution is -2.44. The monoisotopic (exact) mass is 403 g/mol. The summed E-state index contributed by atoms with van der Waals surface area (Å²) in [5.41, 5.74) is 2.95. The zero-order valence-corrected chi connectivity index (χ0v) is 17.1. The third-order valence-corrected chi connectivity index (χ3v) is 5.47. The Bertz CT molecular complexity index is 823. The number of likely N-dealkylation sites (tertiary alicyclic amines) is 1. The first-order valence-corrected chi connectivity index (χ1v) is 9.81. The fourth-order valence-corrected chi connectivity index (χ4v) is 3.77. The molecule has 0 aromatic carbocycles. The van der Waals surface area contributed by atoms with Gasteiger partial charge in [0.2, 0.25) is 0 Å². The third-order valence-electron chi connectivity index (χ3n) is 5.47. The number of nitrogens with one attached hydrogen (secondary N) is 1. The van der Waals surface area contributed by atoms with Crippen molar-refractivity contribution >= 4 is 5.97 Å². The molecule has 3 unspecified atom stereocenters. The van der Waals surface area contributed by atoms with Gasteiger partial charge in [-0.15, -0.1) is 0 Å². The Hall–Kier alpha value is -2.42. The number of H-pyrrole nitrogens is 1. The van der Waals surface area contributed by atoms with Gasteiger partial charge in [0.1, 0.15) is 12.7 Å². The lowest BCUT2D eigenvalue weighted by atomic mass is 9.93. The van der Waals surface area contributed by atoms with Crippen molar-refractivity contribution in [3.05, 3.63) is 47.0 Å². The van der Waals surface area contributed by atoms with Gasteiger partial charge in [-0.1, -0.05) is 0 Å².